The second kappa shape index (κ2) is 4.52. The lowest BCUT2D eigenvalue weighted by Gasteiger charge is -2.28. The summed E-state index contributed by atoms with van der Waals surface area (Å²) in [6.07, 6.45) is 6.12. The van der Waals surface area contributed by atoms with Crippen LogP contribution in [0.1, 0.15) is 18.4 Å². The van der Waals surface area contributed by atoms with Crippen LogP contribution in [0.4, 0.5) is 0 Å². The van der Waals surface area contributed by atoms with Gasteiger partial charge in [-0.3, -0.25) is 4.79 Å². The van der Waals surface area contributed by atoms with E-state index in [4.69, 9.17) is 5.73 Å². The maximum Gasteiger partial charge on any atom is 0.233 e. The fourth-order valence-corrected chi connectivity index (χ4v) is 3.72. The van der Waals surface area contributed by atoms with Gasteiger partial charge in [-0.1, -0.05) is 12.2 Å². The molecule has 0 aromatic carbocycles. The van der Waals surface area contributed by atoms with Crippen LogP contribution in [-0.2, 0) is 10.2 Å². The first kappa shape index (κ1) is 11.9. The van der Waals surface area contributed by atoms with Crippen molar-refractivity contribution in [1.29, 1.82) is 0 Å². The zero-order chi connectivity index (χ0) is 12.6. The number of hydrogen-bond acceptors (Lipinski definition) is 3. The fourth-order valence-electron chi connectivity index (χ4n) is 2.98. The highest BCUT2D eigenvalue weighted by molar-refractivity contribution is 7.08. The third kappa shape index (κ3) is 1.71. The highest BCUT2D eigenvalue weighted by atomic mass is 32.1. The number of nitrogens with two attached hydrogens (primary N) is 1. The molecule has 4 heteroatoms. The normalized spacial score (nSPS) is 30.5. The Balaban J connectivity index is 1.87. The van der Waals surface area contributed by atoms with E-state index in [1.807, 2.05) is 10.3 Å². The molecule has 1 amide bonds. The molecule has 1 fully saturated rings. The number of carbonyl (C=O) groups excluding carboxylic acids is 1. The number of thiophene rings is 1. The maximum atomic E-state index is 12.8. The Kier molecular flexibility index (Phi) is 2.99. The zero-order valence-corrected chi connectivity index (χ0v) is 11.2. The van der Waals surface area contributed by atoms with E-state index in [9.17, 15) is 4.79 Å². The molecule has 2 atom stereocenters. The zero-order valence-electron chi connectivity index (χ0n) is 10.3. The lowest BCUT2D eigenvalue weighted by molar-refractivity contribution is -0.134. The van der Waals surface area contributed by atoms with Crippen molar-refractivity contribution < 1.29 is 4.79 Å². The average molecular weight is 262 g/mol. The largest absolute Gasteiger partial charge is 0.338 e. The predicted molar refractivity (Wildman–Crippen MR) is 73.5 cm³/mol. The van der Waals surface area contributed by atoms with Gasteiger partial charge in [0, 0.05) is 13.1 Å². The Bertz CT molecular complexity index is 468. The summed E-state index contributed by atoms with van der Waals surface area (Å²) in [5, 5.41) is 4.15. The van der Waals surface area contributed by atoms with Crippen molar-refractivity contribution in [2.75, 3.05) is 19.6 Å². The minimum atomic E-state index is -0.306. The molecule has 2 heterocycles. The fraction of sp³-hybridized carbons (Fsp3) is 0.500. The van der Waals surface area contributed by atoms with E-state index >= 15 is 0 Å². The molecule has 1 aliphatic carbocycles. The highest BCUT2D eigenvalue weighted by Crippen LogP contribution is 2.55. The molecule has 3 rings (SSSR count). The van der Waals surface area contributed by atoms with Crippen LogP contribution in [0.5, 0.6) is 0 Å². The van der Waals surface area contributed by atoms with E-state index in [1.165, 1.54) is 5.56 Å². The van der Waals surface area contributed by atoms with Gasteiger partial charge in [0.1, 0.15) is 0 Å². The number of hydrogen-bond donors (Lipinski definition) is 1. The molecule has 2 N–H and O–H groups in total. The van der Waals surface area contributed by atoms with Gasteiger partial charge in [0.05, 0.1) is 5.41 Å². The quantitative estimate of drug-likeness (QED) is 0.844. The summed E-state index contributed by atoms with van der Waals surface area (Å²) in [6, 6.07) is 2.08. The van der Waals surface area contributed by atoms with Crippen molar-refractivity contribution in [1.82, 2.24) is 4.90 Å². The number of rotatable bonds is 3. The number of carbonyl (C=O) groups is 1. The molecule has 2 aliphatic rings. The number of nitrogens with zero attached hydrogens (tertiary/aromatic N) is 1. The first-order valence-corrected chi connectivity index (χ1v) is 7.40. The van der Waals surface area contributed by atoms with Crippen molar-refractivity contribution in [2.45, 2.75) is 18.3 Å². The third-order valence-electron chi connectivity index (χ3n) is 4.15. The van der Waals surface area contributed by atoms with E-state index in [2.05, 4.69) is 23.6 Å². The van der Waals surface area contributed by atoms with Crippen LogP contribution in [0.2, 0.25) is 0 Å². The van der Waals surface area contributed by atoms with Crippen LogP contribution >= 0.6 is 11.3 Å². The number of amides is 1. The van der Waals surface area contributed by atoms with Gasteiger partial charge < -0.3 is 10.6 Å². The van der Waals surface area contributed by atoms with Crippen LogP contribution in [0.15, 0.2) is 29.0 Å². The second-order valence-corrected chi connectivity index (χ2v) is 5.91. The summed E-state index contributed by atoms with van der Waals surface area (Å²) in [5.41, 5.74) is 6.66. The molecule has 18 heavy (non-hydrogen) atoms. The van der Waals surface area contributed by atoms with Gasteiger partial charge in [-0.25, -0.2) is 0 Å². The van der Waals surface area contributed by atoms with Gasteiger partial charge in [-0.2, -0.15) is 11.3 Å². The Morgan fingerprint density at radius 2 is 2.44 bits per heavy atom. The standard InChI is InChI=1S/C14H18N2OS/c15-9-12-8-14(12,11-4-7-18-10-11)13(17)16-5-2-1-3-6-16/h1-2,4,7,10,12H,3,5-6,8-9,15H2/t12-,14+/m0/s1. The van der Waals surface area contributed by atoms with Crippen LogP contribution in [0.3, 0.4) is 0 Å². The molecular formula is C14H18N2OS. The average Bonchev–Trinajstić information content (AvgIpc) is 2.91. The monoisotopic (exact) mass is 262 g/mol. The predicted octanol–water partition coefficient (Wildman–Crippen LogP) is 1.75. The van der Waals surface area contributed by atoms with E-state index in [0.29, 0.717) is 12.5 Å². The summed E-state index contributed by atoms with van der Waals surface area (Å²) < 4.78 is 0. The van der Waals surface area contributed by atoms with Crippen molar-refractivity contribution in [3.05, 3.63) is 34.5 Å². The van der Waals surface area contributed by atoms with E-state index in [0.717, 1.165) is 25.9 Å². The van der Waals surface area contributed by atoms with Crippen LogP contribution in [0, 0.1) is 5.92 Å². The Labute approximate surface area is 111 Å². The van der Waals surface area contributed by atoms with E-state index in [-0.39, 0.29) is 11.3 Å². The van der Waals surface area contributed by atoms with Crippen LogP contribution in [0.25, 0.3) is 0 Å². The molecule has 0 saturated heterocycles. The smallest absolute Gasteiger partial charge is 0.233 e. The maximum absolute atomic E-state index is 12.8. The lowest BCUT2D eigenvalue weighted by Crippen LogP contribution is -2.42. The summed E-state index contributed by atoms with van der Waals surface area (Å²) in [6.45, 7) is 2.20. The minimum absolute atomic E-state index is 0.278. The molecule has 0 bridgehead atoms. The molecule has 1 saturated carbocycles. The second-order valence-electron chi connectivity index (χ2n) is 5.13. The lowest BCUT2D eigenvalue weighted by atomic mass is 9.93. The van der Waals surface area contributed by atoms with Crippen molar-refractivity contribution >= 4 is 17.2 Å². The SMILES string of the molecule is NC[C@@H]1C[C@@]1(C(=O)N1CC=CCC1)c1ccsc1. The van der Waals surface area contributed by atoms with Crippen LogP contribution in [-0.4, -0.2) is 30.4 Å². The first-order valence-electron chi connectivity index (χ1n) is 6.46. The molecule has 0 spiro atoms. The van der Waals surface area contributed by atoms with Gasteiger partial charge in [0.2, 0.25) is 5.91 Å². The molecule has 0 unspecified atom stereocenters. The van der Waals surface area contributed by atoms with Gasteiger partial charge in [-0.15, -0.1) is 0 Å². The van der Waals surface area contributed by atoms with E-state index < -0.39 is 0 Å². The Hall–Kier alpha value is -1.13. The Morgan fingerprint density at radius 3 is 3.00 bits per heavy atom. The molecule has 1 aromatic rings. The van der Waals surface area contributed by atoms with Gasteiger partial charge in [0.25, 0.3) is 0 Å². The molecular weight excluding hydrogens is 244 g/mol. The van der Waals surface area contributed by atoms with Gasteiger partial charge >= 0.3 is 0 Å². The Morgan fingerprint density at radius 1 is 1.56 bits per heavy atom. The summed E-state index contributed by atoms with van der Waals surface area (Å²) >= 11 is 1.66. The van der Waals surface area contributed by atoms with E-state index in [1.54, 1.807) is 11.3 Å². The van der Waals surface area contributed by atoms with Gasteiger partial charge in [-0.05, 0) is 47.7 Å². The third-order valence-corrected chi connectivity index (χ3v) is 4.84. The topological polar surface area (TPSA) is 46.3 Å². The molecule has 0 radical (unpaired) electrons. The van der Waals surface area contributed by atoms with Crippen molar-refractivity contribution in [3.63, 3.8) is 0 Å². The summed E-state index contributed by atoms with van der Waals surface area (Å²) in [4.78, 5) is 14.8. The minimum Gasteiger partial charge on any atom is -0.338 e. The molecule has 96 valence electrons. The molecule has 1 aromatic heterocycles. The molecule has 1 aliphatic heterocycles. The van der Waals surface area contributed by atoms with Crippen LogP contribution < -0.4 is 5.73 Å². The summed E-state index contributed by atoms with van der Waals surface area (Å²) in [5.74, 6) is 0.603. The first-order chi connectivity index (χ1) is 8.79. The molecule has 3 nitrogen and oxygen atoms in total. The summed E-state index contributed by atoms with van der Waals surface area (Å²) in [7, 11) is 0. The highest BCUT2D eigenvalue weighted by Gasteiger charge is 2.61. The van der Waals surface area contributed by atoms with Crippen molar-refractivity contribution in [3.8, 4) is 0 Å². The van der Waals surface area contributed by atoms with Crippen molar-refractivity contribution in [2.24, 2.45) is 11.7 Å². The van der Waals surface area contributed by atoms with Gasteiger partial charge in [0.15, 0.2) is 0 Å².